The number of anilines is 1. The highest BCUT2D eigenvalue weighted by atomic mass is 19.4. The number of aromatic nitrogens is 2. The van der Waals surface area contributed by atoms with Crippen molar-refractivity contribution in [3.8, 4) is 16.9 Å². The van der Waals surface area contributed by atoms with Crippen molar-refractivity contribution < 1.29 is 32.2 Å². The smallest absolute Gasteiger partial charge is 0.417 e. The second-order valence-electron chi connectivity index (χ2n) is 11.0. The van der Waals surface area contributed by atoms with Crippen LogP contribution in [0.4, 0.5) is 18.9 Å². The van der Waals surface area contributed by atoms with Gasteiger partial charge < -0.3 is 24.3 Å². The summed E-state index contributed by atoms with van der Waals surface area (Å²) in [5, 5.41) is 11.7. The van der Waals surface area contributed by atoms with Gasteiger partial charge in [0, 0.05) is 41.2 Å². The van der Waals surface area contributed by atoms with Crippen LogP contribution in [0.2, 0.25) is 0 Å². The Bertz CT molecular complexity index is 1950. The number of hydrogen-bond donors (Lipinski definition) is 0. The van der Waals surface area contributed by atoms with Crippen LogP contribution in [0.1, 0.15) is 43.2 Å². The maximum absolute atomic E-state index is 14.1. The van der Waals surface area contributed by atoms with Crippen LogP contribution >= 0.6 is 0 Å². The van der Waals surface area contributed by atoms with Crippen LogP contribution in [0, 0.1) is 5.21 Å². The first-order valence-corrected chi connectivity index (χ1v) is 14.4. The number of para-hydroxylation sites is 1. The molecule has 3 aromatic carbocycles. The van der Waals surface area contributed by atoms with Gasteiger partial charge in [0.15, 0.2) is 12.4 Å². The number of methoxy groups -OCH3 is 1. The van der Waals surface area contributed by atoms with Crippen molar-refractivity contribution in [1.82, 2.24) is 9.47 Å². The van der Waals surface area contributed by atoms with E-state index < -0.39 is 11.7 Å². The predicted octanol–water partition coefficient (Wildman–Crippen LogP) is 6.30. The molecule has 234 valence electrons. The molecule has 0 saturated carbocycles. The fourth-order valence-corrected chi connectivity index (χ4v) is 5.83. The Kier molecular flexibility index (Phi) is 7.99. The summed E-state index contributed by atoms with van der Waals surface area (Å²) in [4.78, 5) is 30.8. The Morgan fingerprint density at radius 2 is 1.70 bits per heavy atom. The largest absolute Gasteiger partial charge is 0.619 e. The van der Waals surface area contributed by atoms with E-state index in [2.05, 4.69) is 0 Å². The van der Waals surface area contributed by atoms with Crippen molar-refractivity contribution in [2.75, 3.05) is 19.1 Å². The van der Waals surface area contributed by atoms with Gasteiger partial charge in [-0.2, -0.15) is 17.9 Å². The number of alkyl halides is 3. The molecule has 2 aromatic heterocycles. The standard InChI is InChI=1S/C35H29F3N4O4/c1-39(19-23-8-7-17-40(45)20-23)34(44)31-16-14-26-22-42(30-12-6-3-9-25(30)21-41(26)31)33(43)24-13-15-28(32(18-24)46-2)27-10-4-5-11-29(27)35(36,37)38/h3-18,20H,19,21-22H2,1-2H3. The van der Waals surface area contributed by atoms with Gasteiger partial charge >= 0.3 is 6.18 Å². The molecule has 0 atom stereocenters. The maximum atomic E-state index is 14.1. The second kappa shape index (κ2) is 12.1. The minimum atomic E-state index is -4.57. The van der Waals surface area contributed by atoms with Crippen molar-refractivity contribution in [3.63, 3.8) is 0 Å². The maximum Gasteiger partial charge on any atom is 0.417 e. The molecule has 0 spiro atoms. The van der Waals surface area contributed by atoms with E-state index in [1.54, 1.807) is 36.2 Å². The monoisotopic (exact) mass is 626 g/mol. The molecule has 8 nitrogen and oxygen atoms in total. The lowest BCUT2D eigenvalue weighted by Gasteiger charge is -2.23. The first-order valence-electron chi connectivity index (χ1n) is 14.4. The van der Waals surface area contributed by atoms with Crippen LogP contribution < -0.4 is 14.4 Å². The number of rotatable bonds is 6. The molecule has 6 rings (SSSR count). The summed E-state index contributed by atoms with van der Waals surface area (Å²) in [7, 11) is 3.01. The average Bonchev–Trinajstić information content (AvgIpc) is 3.36. The number of fused-ring (bicyclic) bond motifs is 2. The molecule has 1 aliphatic rings. The summed E-state index contributed by atoms with van der Waals surface area (Å²) in [5.74, 6) is -0.494. The summed E-state index contributed by atoms with van der Waals surface area (Å²) in [6.07, 6.45) is -1.78. The van der Waals surface area contributed by atoms with Crippen molar-refractivity contribution in [3.05, 3.63) is 142 Å². The number of halogens is 3. The van der Waals surface area contributed by atoms with Gasteiger partial charge in [0.2, 0.25) is 0 Å². The minimum Gasteiger partial charge on any atom is -0.619 e. The molecule has 0 fully saturated rings. The number of hydrogen-bond acceptors (Lipinski definition) is 4. The highest BCUT2D eigenvalue weighted by Crippen LogP contribution is 2.41. The molecule has 0 saturated heterocycles. The molecule has 46 heavy (non-hydrogen) atoms. The quantitative estimate of drug-likeness (QED) is 0.164. The van der Waals surface area contributed by atoms with Crippen molar-refractivity contribution >= 4 is 17.5 Å². The Hall–Kier alpha value is -5.58. The van der Waals surface area contributed by atoms with Crippen LogP contribution in [-0.2, 0) is 25.8 Å². The molecule has 0 unspecified atom stereocenters. The van der Waals surface area contributed by atoms with Gasteiger partial charge in [-0.25, -0.2) is 0 Å². The SMILES string of the molecule is COc1cc(C(=O)N2Cc3ccc(C(=O)N(C)Cc4ccc[n+]([O-])c4)n3Cc3ccccc32)ccc1-c1ccccc1C(F)(F)F. The van der Waals surface area contributed by atoms with E-state index in [0.29, 0.717) is 28.2 Å². The number of ether oxygens (including phenoxy) is 1. The van der Waals surface area contributed by atoms with E-state index in [1.807, 2.05) is 28.8 Å². The van der Waals surface area contributed by atoms with Crippen LogP contribution in [0.3, 0.4) is 0 Å². The first-order chi connectivity index (χ1) is 22.0. The molecule has 0 N–H and O–H groups in total. The van der Waals surface area contributed by atoms with Gasteiger partial charge in [0.05, 0.1) is 32.3 Å². The number of pyridine rings is 1. The highest BCUT2D eigenvalue weighted by Gasteiger charge is 2.34. The second-order valence-corrected chi connectivity index (χ2v) is 11.0. The zero-order valence-electron chi connectivity index (χ0n) is 25.0. The molecule has 1 aliphatic heterocycles. The van der Waals surface area contributed by atoms with E-state index >= 15 is 0 Å². The van der Waals surface area contributed by atoms with E-state index in [-0.39, 0.29) is 47.3 Å². The van der Waals surface area contributed by atoms with Crippen molar-refractivity contribution in [2.45, 2.75) is 25.8 Å². The van der Waals surface area contributed by atoms with Gasteiger partial charge in [-0.15, -0.1) is 0 Å². The zero-order chi connectivity index (χ0) is 32.6. The topological polar surface area (TPSA) is 81.7 Å². The number of carbonyl (C=O) groups is 2. The molecular formula is C35H29F3N4O4. The number of benzene rings is 3. The van der Waals surface area contributed by atoms with Crippen LogP contribution in [0.15, 0.2) is 103 Å². The summed E-state index contributed by atoms with van der Waals surface area (Å²) >= 11 is 0. The van der Waals surface area contributed by atoms with E-state index in [4.69, 9.17) is 4.74 Å². The molecule has 0 aliphatic carbocycles. The fraction of sp³-hybridized carbons (Fsp3) is 0.171. The molecule has 11 heteroatoms. The Morgan fingerprint density at radius 3 is 2.46 bits per heavy atom. The zero-order valence-corrected chi connectivity index (χ0v) is 25.0. The van der Waals surface area contributed by atoms with E-state index in [1.165, 1.54) is 60.8 Å². The van der Waals surface area contributed by atoms with Crippen LogP contribution in [0.5, 0.6) is 5.75 Å². The lowest BCUT2D eigenvalue weighted by atomic mass is 9.97. The minimum absolute atomic E-state index is 0.0505. The van der Waals surface area contributed by atoms with Gasteiger partial charge in [-0.05, 0) is 59.7 Å². The van der Waals surface area contributed by atoms with Gasteiger partial charge in [-0.1, -0.05) is 36.4 Å². The summed E-state index contributed by atoms with van der Waals surface area (Å²) in [6, 6.07) is 24.0. The fourth-order valence-electron chi connectivity index (χ4n) is 5.83. The normalized spacial score (nSPS) is 12.6. The molecular weight excluding hydrogens is 597 g/mol. The lowest BCUT2D eigenvalue weighted by Crippen LogP contribution is -2.31. The molecule has 2 amide bonds. The average molecular weight is 627 g/mol. The van der Waals surface area contributed by atoms with Gasteiger partial charge in [-0.3, -0.25) is 9.59 Å². The van der Waals surface area contributed by atoms with Crippen molar-refractivity contribution in [2.24, 2.45) is 0 Å². The first kappa shape index (κ1) is 30.4. The third-order valence-electron chi connectivity index (χ3n) is 8.04. The van der Waals surface area contributed by atoms with Crippen LogP contribution in [0.25, 0.3) is 11.1 Å². The summed E-state index contributed by atoms with van der Waals surface area (Å²) in [5.41, 5.74) is 2.89. The van der Waals surface area contributed by atoms with Crippen molar-refractivity contribution in [1.29, 1.82) is 0 Å². The predicted molar refractivity (Wildman–Crippen MR) is 165 cm³/mol. The molecule has 0 bridgehead atoms. The Balaban J connectivity index is 1.33. The summed E-state index contributed by atoms with van der Waals surface area (Å²) in [6.45, 7) is 0.706. The van der Waals surface area contributed by atoms with E-state index in [0.717, 1.165) is 17.3 Å². The number of nitrogens with zero attached hydrogens (tertiary/aromatic N) is 4. The van der Waals surface area contributed by atoms with Crippen LogP contribution in [-0.4, -0.2) is 35.4 Å². The molecule has 0 radical (unpaired) electrons. The lowest BCUT2D eigenvalue weighted by molar-refractivity contribution is -0.605. The number of carbonyl (C=O) groups excluding carboxylic acids is 2. The Labute approximate surface area is 263 Å². The molecule has 3 heterocycles. The summed E-state index contributed by atoms with van der Waals surface area (Å²) < 4.78 is 49.4. The van der Waals surface area contributed by atoms with Gasteiger partial charge in [0.1, 0.15) is 11.4 Å². The third-order valence-corrected chi connectivity index (χ3v) is 8.04. The third kappa shape index (κ3) is 5.79. The highest BCUT2D eigenvalue weighted by molar-refractivity contribution is 6.07. The van der Waals surface area contributed by atoms with Gasteiger partial charge in [0.25, 0.3) is 11.8 Å². The van der Waals surface area contributed by atoms with E-state index in [9.17, 15) is 28.0 Å². The number of amides is 2. The Morgan fingerprint density at radius 1 is 0.935 bits per heavy atom. The molecule has 5 aromatic rings.